The van der Waals surface area contributed by atoms with Crippen molar-refractivity contribution in [3.8, 4) is 0 Å². The Balaban J connectivity index is 3.39. The Morgan fingerprint density at radius 1 is 1.64 bits per heavy atom. The molecule has 0 fully saturated rings. The Morgan fingerprint density at radius 3 is 2.64 bits per heavy atom. The smallest absolute Gasteiger partial charge is 0.337 e. The zero-order valence-corrected chi connectivity index (χ0v) is 8.81. The predicted molar refractivity (Wildman–Crippen MR) is 48.9 cm³/mol. The number of aromatic nitrogens is 1. The van der Waals surface area contributed by atoms with Crippen molar-refractivity contribution in [1.29, 1.82) is 0 Å². The number of carbonyl (C=O) groups is 1. The molecule has 1 aromatic rings. The van der Waals surface area contributed by atoms with E-state index in [-0.39, 0.29) is 9.63 Å². The predicted octanol–water partition coefficient (Wildman–Crippen LogP) is 3.13. The SMILES string of the molecule is O=C(O)c1cc(Br)c(Cl)nc1C(F)F. The number of alkyl halides is 2. The normalized spacial score (nSPS) is 10.6. The second-order valence-electron chi connectivity index (χ2n) is 2.30. The van der Waals surface area contributed by atoms with E-state index in [2.05, 4.69) is 20.9 Å². The van der Waals surface area contributed by atoms with Crippen molar-refractivity contribution < 1.29 is 18.7 Å². The molecule has 0 amide bonds. The molecule has 1 rings (SSSR count). The van der Waals surface area contributed by atoms with Crippen LogP contribution in [0.1, 0.15) is 22.5 Å². The number of nitrogens with zero attached hydrogens (tertiary/aromatic N) is 1. The van der Waals surface area contributed by atoms with Crippen LogP contribution in [0.25, 0.3) is 0 Å². The molecule has 0 aliphatic heterocycles. The average Bonchev–Trinajstić information content (AvgIpc) is 2.08. The number of rotatable bonds is 2. The average molecular weight is 286 g/mol. The Morgan fingerprint density at radius 2 is 2.21 bits per heavy atom. The first-order valence-corrected chi connectivity index (χ1v) is 4.48. The quantitative estimate of drug-likeness (QED) is 0.850. The first-order chi connectivity index (χ1) is 6.43. The van der Waals surface area contributed by atoms with Crippen LogP contribution in [0.3, 0.4) is 0 Å². The number of carboxylic acid groups (broad SMARTS) is 1. The van der Waals surface area contributed by atoms with Crippen LogP contribution < -0.4 is 0 Å². The molecule has 0 aliphatic carbocycles. The molecule has 0 bridgehead atoms. The molecule has 14 heavy (non-hydrogen) atoms. The van der Waals surface area contributed by atoms with Gasteiger partial charge in [-0.15, -0.1) is 0 Å². The van der Waals surface area contributed by atoms with E-state index in [4.69, 9.17) is 16.7 Å². The molecule has 0 atom stereocenters. The van der Waals surface area contributed by atoms with Gasteiger partial charge in [-0.3, -0.25) is 0 Å². The van der Waals surface area contributed by atoms with Gasteiger partial charge in [0.25, 0.3) is 6.43 Å². The molecule has 7 heteroatoms. The standard InChI is InChI=1S/C7H3BrClF2NO2/c8-3-1-2(7(13)14)4(6(10)11)12-5(3)9/h1,6H,(H,13,14). The third-order valence-electron chi connectivity index (χ3n) is 1.40. The first kappa shape index (κ1) is 11.3. The van der Waals surface area contributed by atoms with E-state index in [9.17, 15) is 13.6 Å². The Labute approximate surface area is 90.8 Å². The zero-order chi connectivity index (χ0) is 10.9. The number of halogens is 4. The zero-order valence-electron chi connectivity index (χ0n) is 6.47. The summed E-state index contributed by atoms with van der Waals surface area (Å²) in [5, 5.41) is 8.40. The third kappa shape index (κ3) is 2.19. The van der Waals surface area contributed by atoms with Crippen molar-refractivity contribution in [3.63, 3.8) is 0 Å². The van der Waals surface area contributed by atoms with E-state index in [1.807, 2.05) is 0 Å². The molecular weight excluding hydrogens is 283 g/mol. The minimum absolute atomic E-state index is 0.168. The first-order valence-electron chi connectivity index (χ1n) is 3.31. The fraction of sp³-hybridized carbons (Fsp3) is 0.143. The summed E-state index contributed by atoms with van der Waals surface area (Å²) in [5.74, 6) is -1.47. The topological polar surface area (TPSA) is 50.2 Å². The van der Waals surface area contributed by atoms with Gasteiger partial charge in [0, 0.05) is 0 Å². The van der Waals surface area contributed by atoms with E-state index in [1.165, 1.54) is 0 Å². The van der Waals surface area contributed by atoms with Gasteiger partial charge in [0.1, 0.15) is 10.8 Å². The molecule has 0 saturated heterocycles. The van der Waals surface area contributed by atoms with Gasteiger partial charge in [0.2, 0.25) is 0 Å². The van der Waals surface area contributed by atoms with E-state index in [0.29, 0.717) is 0 Å². The summed E-state index contributed by atoms with van der Waals surface area (Å²) in [6.07, 6.45) is -2.97. The summed E-state index contributed by atoms with van der Waals surface area (Å²) >= 11 is 8.35. The van der Waals surface area contributed by atoms with Gasteiger partial charge in [-0.05, 0) is 22.0 Å². The molecule has 76 valence electrons. The van der Waals surface area contributed by atoms with Gasteiger partial charge in [-0.1, -0.05) is 11.6 Å². The highest BCUT2D eigenvalue weighted by molar-refractivity contribution is 9.10. The van der Waals surface area contributed by atoms with Gasteiger partial charge < -0.3 is 5.11 Å². The molecule has 3 nitrogen and oxygen atoms in total. The maximum atomic E-state index is 12.3. The van der Waals surface area contributed by atoms with E-state index in [1.54, 1.807) is 0 Å². The van der Waals surface area contributed by atoms with Gasteiger partial charge in [0.15, 0.2) is 0 Å². The van der Waals surface area contributed by atoms with Crippen LogP contribution in [0.5, 0.6) is 0 Å². The van der Waals surface area contributed by atoms with E-state index >= 15 is 0 Å². The van der Waals surface area contributed by atoms with Gasteiger partial charge in [0.05, 0.1) is 10.0 Å². The maximum Gasteiger partial charge on any atom is 0.337 e. The van der Waals surface area contributed by atoms with Gasteiger partial charge in [-0.25, -0.2) is 18.6 Å². The fourth-order valence-corrected chi connectivity index (χ4v) is 1.28. The molecule has 0 aliphatic rings. The second kappa shape index (κ2) is 4.18. The summed E-state index contributed by atoms with van der Waals surface area (Å²) in [7, 11) is 0. The third-order valence-corrected chi connectivity index (χ3v) is 2.52. The Bertz CT molecular complexity index is 386. The molecule has 1 heterocycles. The summed E-state index contributed by atoms with van der Waals surface area (Å²) in [5.41, 5.74) is -1.39. The van der Waals surface area contributed by atoms with Crippen molar-refractivity contribution in [2.45, 2.75) is 6.43 Å². The van der Waals surface area contributed by atoms with Crippen LogP contribution in [0, 0.1) is 0 Å². The van der Waals surface area contributed by atoms with Crippen molar-refractivity contribution in [1.82, 2.24) is 4.98 Å². The number of aromatic carboxylic acids is 1. The van der Waals surface area contributed by atoms with Crippen LogP contribution in [-0.4, -0.2) is 16.1 Å². The van der Waals surface area contributed by atoms with Crippen molar-refractivity contribution in [2.24, 2.45) is 0 Å². The van der Waals surface area contributed by atoms with Gasteiger partial charge >= 0.3 is 5.97 Å². The molecule has 0 saturated carbocycles. The summed E-state index contributed by atoms with van der Waals surface area (Å²) in [4.78, 5) is 13.8. The van der Waals surface area contributed by atoms with E-state index < -0.39 is 23.7 Å². The number of carboxylic acids is 1. The maximum absolute atomic E-state index is 12.3. The van der Waals surface area contributed by atoms with Gasteiger partial charge in [-0.2, -0.15) is 0 Å². The fourth-order valence-electron chi connectivity index (χ4n) is 0.817. The largest absolute Gasteiger partial charge is 0.478 e. The van der Waals surface area contributed by atoms with Crippen molar-refractivity contribution in [3.05, 3.63) is 26.9 Å². The van der Waals surface area contributed by atoms with Crippen LogP contribution >= 0.6 is 27.5 Å². The van der Waals surface area contributed by atoms with Crippen LogP contribution in [-0.2, 0) is 0 Å². The van der Waals surface area contributed by atoms with Crippen LogP contribution in [0.2, 0.25) is 5.15 Å². The number of hydrogen-bond donors (Lipinski definition) is 1. The summed E-state index contributed by atoms with van der Waals surface area (Å²) in [6, 6.07) is 0.999. The summed E-state index contributed by atoms with van der Waals surface area (Å²) < 4.78 is 24.8. The molecule has 0 aromatic carbocycles. The Hall–Kier alpha value is -0.750. The van der Waals surface area contributed by atoms with E-state index in [0.717, 1.165) is 6.07 Å². The molecule has 0 unspecified atom stereocenters. The Kier molecular flexibility index (Phi) is 3.38. The molecule has 0 radical (unpaired) electrons. The lowest BCUT2D eigenvalue weighted by molar-refractivity contribution is 0.0682. The number of hydrogen-bond acceptors (Lipinski definition) is 2. The second-order valence-corrected chi connectivity index (χ2v) is 3.51. The lowest BCUT2D eigenvalue weighted by Gasteiger charge is -2.05. The van der Waals surface area contributed by atoms with Crippen LogP contribution in [0.15, 0.2) is 10.5 Å². The van der Waals surface area contributed by atoms with Crippen molar-refractivity contribution >= 4 is 33.5 Å². The molecular formula is C7H3BrClF2NO2. The van der Waals surface area contributed by atoms with Crippen LogP contribution in [0.4, 0.5) is 8.78 Å². The van der Waals surface area contributed by atoms with Crippen molar-refractivity contribution in [2.75, 3.05) is 0 Å². The highest BCUT2D eigenvalue weighted by Gasteiger charge is 2.21. The number of pyridine rings is 1. The molecule has 1 N–H and O–H groups in total. The monoisotopic (exact) mass is 285 g/mol. The lowest BCUT2D eigenvalue weighted by Crippen LogP contribution is -2.06. The highest BCUT2D eigenvalue weighted by Crippen LogP contribution is 2.28. The molecule has 0 spiro atoms. The minimum Gasteiger partial charge on any atom is -0.478 e. The molecule has 1 aromatic heterocycles. The highest BCUT2D eigenvalue weighted by atomic mass is 79.9. The minimum atomic E-state index is -2.97. The lowest BCUT2D eigenvalue weighted by atomic mass is 10.2. The summed E-state index contributed by atoms with van der Waals surface area (Å²) in [6.45, 7) is 0.